The van der Waals surface area contributed by atoms with E-state index in [1.165, 1.54) is 39.1 Å². The van der Waals surface area contributed by atoms with E-state index < -0.39 is 6.09 Å². The summed E-state index contributed by atoms with van der Waals surface area (Å²) in [5.41, 5.74) is 10.0. The molecule has 0 fully saturated rings. The number of carbonyl (C=O) groups excluding carboxylic acids is 1. The normalized spacial score (nSPS) is 19.1. The van der Waals surface area contributed by atoms with Gasteiger partial charge in [0.2, 0.25) is 0 Å². The molecule has 0 aromatic heterocycles. The van der Waals surface area contributed by atoms with Gasteiger partial charge in [-0.1, -0.05) is 59.7 Å². The van der Waals surface area contributed by atoms with E-state index in [0.29, 0.717) is 18.4 Å². The molecule has 1 N–H and O–H groups in total. The van der Waals surface area contributed by atoms with E-state index in [1.54, 1.807) is 0 Å². The number of rotatable bonds is 4. The van der Waals surface area contributed by atoms with E-state index in [4.69, 9.17) is 4.74 Å². The minimum absolute atomic E-state index is 0.316. The van der Waals surface area contributed by atoms with Gasteiger partial charge in [-0.15, -0.1) is 0 Å². The van der Waals surface area contributed by atoms with Crippen LogP contribution in [-0.4, -0.2) is 25.8 Å². The average Bonchev–Trinajstić information content (AvgIpc) is 2.81. The number of nitrogens with one attached hydrogen (secondary N) is 1. The fraction of sp³-hybridized carbons (Fsp3) is 0.345. The van der Waals surface area contributed by atoms with Crippen LogP contribution in [0.25, 0.3) is 0 Å². The number of anilines is 2. The van der Waals surface area contributed by atoms with E-state index in [9.17, 15) is 4.79 Å². The van der Waals surface area contributed by atoms with Crippen molar-refractivity contribution in [2.45, 2.75) is 45.4 Å². The number of ether oxygens (including phenoxy) is 1. The van der Waals surface area contributed by atoms with Gasteiger partial charge >= 0.3 is 6.09 Å². The van der Waals surface area contributed by atoms with E-state index in [1.807, 2.05) is 6.92 Å². The fourth-order valence-corrected chi connectivity index (χ4v) is 5.44. The first-order valence-electron chi connectivity index (χ1n) is 12.0. The summed E-state index contributed by atoms with van der Waals surface area (Å²) in [6.45, 7) is 8.56. The third kappa shape index (κ3) is 4.22. The number of hydrogen-bond donors (Lipinski definition) is 1. The SMILES string of the molecule is CCOC(=O)Nc1cc2c3c(c1)C(c1ccc(C)cc1)CCN3CCC2c1ccc(C)cc1. The van der Waals surface area contributed by atoms with Crippen molar-refractivity contribution in [1.29, 1.82) is 0 Å². The van der Waals surface area contributed by atoms with Gasteiger partial charge in [0.1, 0.15) is 0 Å². The molecule has 5 rings (SSSR count). The molecule has 2 aliphatic heterocycles. The third-order valence-electron chi connectivity index (χ3n) is 7.09. The Hall–Kier alpha value is -3.27. The molecule has 4 heteroatoms. The van der Waals surface area contributed by atoms with Crippen molar-refractivity contribution in [3.05, 3.63) is 94.0 Å². The van der Waals surface area contributed by atoms with Crippen LogP contribution in [0.5, 0.6) is 0 Å². The van der Waals surface area contributed by atoms with Crippen LogP contribution in [0.3, 0.4) is 0 Å². The fourth-order valence-electron chi connectivity index (χ4n) is 5.44. The number of amides is 1. The predicted octanol–water partition coefficient (Wildman–Crippen LogP) is 6.75. The lowest BCUT2D eigenvalue weighted by Crippen LogP contribution is -2.37. The van der Waals surface area contributed by atoms with Gasteiger partial charge < -0.3 is 9.64 Å². The highest BCUT2D eigenvalue weighted by molar-refractivity contribution is 5.86. The quantitative estimate of drug-likeness (QED) is 0.488. The summed E-state index contributed by atoms with van der Waals surface area (Å²) in [4.78, 5) is 14.8. The molecule has 0 bridgehead atoms. The molecule has 2 aliphatic rings. The number of benzene rings is 3. The van der Waals surface area contributed by atoms with Crippen LogP contribution in [0.15, 0.2) is 60.7 Å². The van der Waals surface area contributed by atoms with E-state index in [0.717, 1.165) is 31.6 Å². The molecule has 2 heterocycles. The third-order valence-corrected chi connectivity index (χ3v) is 7.09. The van der Waals surface area contributed by atoms with Crippen molar-refractivity contribution in [1.82, 2.24) is 0 Å². The molecule has 0 saturated carbocycles. The van der Waals surface area contributed by atoms with E-state index in [-0.39, 0.29) is 0 Å². The highest BCUT2D eigenvalue weighted by atomic mass is 16.5. The van der Waals surface area contributed by atoms with E-state index in [2.05, 4.69) is 84.7 Å². The van der Waals surface area contributed by atoms with Crippen LogP contribution < -0.4 is 10.2 Å². The molecule has 2 unspecified atom stereocenters. The largest absolute Gasteiger partial charge is 0.450 e. The summed E-state index contributed by atoms with van der Waals surface area (Å²) in [6, 6.07) is 22.2. The van der Waals surface area contributed by atoms with Gasteiger partial charge in [-0.05, 0) is 68.0 Å². The Balaban J connectivity index is 1.64. The molecule has 0 spiro atoms. The smallest absolute Gasteiger partial charge is 0.411 e. The molecule has 33 heavy (non-hydrogen) atoms. The maximum Gasteiger partial charge on any atom is 0.411 e. The molecule has 0 aliphatic carbocycles. The van der Waals surface area contributed by atoms with E-state index >= 15 is 0 Å². The summed E-state index contributed by atoms with van der Waals surface area (Å²) in [5.74, 6) is 0.632. The van der Waals surface area contributed by atoms with Crippen molar-refractivity contribution < 1.29 is 9.53 Å². The molecule has 0 radical (unpaired) electrons. The Bertz CT molecular complexity index is 1070. The molecule has 170 valence electrons. The van der Waals surface area contributed by atoms with Gasteiger partial charge in [0.05, 0.1) is 6.61 Å². The topological polar surface area (TPSA) is 41.6 Å². The van der Waals surface area contributed by atoms with Crippen molar-refractivity contribution >= 4 is 17.5 Å². The average molecular weight is 441 g/mol. The molecule has 3 aromatic rings. The van der Waals surface area contributed by atoms with Crippen molar-refractivity contribution in [3.8, 4) is 0 Å². The number of hydrogen-bond acceptors (Lipinski definition) is 3. The monoisotopic (exact) mass is 440 g/mol. The van der Waals surface area contributed by atoms with Crippen LogP contribution in [0.4, 0.5) is 16.2 Å². The summed E-state index contributed by atoms with van der Waals surface area (Å²) < 4.78 is 5.19. The molecular weight excluding hydrogens is 408 g/mol. The minimum atomic E-state index is -0.396. The van der Waals surface area contributed by atoms with Gasteiger partial charge in [0, 0.05) is 36.3 Å². The second kappa shape index (κ2) is 8.93. The van der Waals surface area contributed by atoms with Crippen LogP contribution in [0, 0.1) is 13.8 Å². The first-order valence-corrected chi connectivity index (χ1v) is 12.0. The molecule has 1 amide bonds. The summed E-state index contributed by atoms with van der Waals surface area (Å²) >= 11 is 0. The number of nitrogens with zero attached hydrogens (tertiary/aromatic N) is 1. The maximum atomic E-state index is 12.3. The molecule has 4 nitrogen and oxygen atoms in total. The Kier molecular flexibility index (Phi) is 5.84. The Morgan fingerprint density at radius 1 is 0.879 bits per heavy atom. The van der Waals surface area contributed by atoms with Crippen molar-refractivity contribution in [2.24, 2.45) is 0 Å². The van der Waals surface area contributed by atoms with Gasteiger partial charge in [-0.3, -0.25) is 5.32 Å². The first-order chi connectivity index (χ1) is 16.0. The zero-order valence-electron chi connectivity index (χ0n) is 19.7. The summed E-state index contributed by atoms with van der Waals surface area (Å²) in [6.07, 6.45) is 1.76. The van der Waals surface area contributed by atoms with Crippen LogP contribution in [0.2, 0.25) is 0 Å². The van der Waals surface area contributed by atoms with Crippen LogP contribution in [0.1, 0.15) is 65.0 Å². The van der Waals surface area contributed by atoms with Crippen LogP contribution >= 0.6 is 0 Å². The maximum absolute atomic E-state index is 12.3. The standard InChI is InChI=1S/C29H32N2O2/c1-4-33-29(32)30-23-17-26-24(21-9-5-19(2)6-10-21)13-15-31-16-14-25(27(18-23)28(26)31)22-11-7-20(3)8-12-22/h5-12,17-18,24-25H,4,13-16H2,1-3H3,(H,30,32). The second-order valence-electron chi connectivity index (χ2n) is 9.34. The summed E-state index contributed by atoms with van der Waals surface area (Å²) in [7, 11) is 0. The molecule has 2 atom stereocenters. The zero-order valence-corrected chi connectivity index (χ0v) is 19.7. The lowest BCUT2D eigenvalue weighted by molar-refractivity contribution is 0.168. The molecule has 0 saturated heterocycles. The van der Waals surface area contributed by atoms with Gasteiger partial charge in [0.15, 0.2) is 0 Å². The highest BCUT2D eigenvalue weighted by Gasteiger charge is 2.35. The second-order valence-corrected chi connectivity index (χ2v) is 9.34. The van der Waals surface area contributed by atoms with Crippen molar-refractivity contribution in [2.75, 3.05) is 29.9 Å². The Labute approximate surface area is 196 Å². The van der Waals surface area contributed by atoms with Crippen molar-refractivity contribution in [3.63, 3.8) is 0 Å². The molecular formula is C29H32N2O2. The highest BCUT2D eigenvalue weighted by Crippen LogP contribution is 2.49. The molecule has 3 aromatic carbocycles. The Morgan fingerprint density at radius 3 is 1.82 bits per heavy atom. The zero-order chi connectivity index (χ0) is 22.9. The van der Waals surface area contributed by atoms with Gasteiger partial charge in [-0.2, -0.15) is 0 Å². The van der Waals surface area contributed by atoms with Crippen LogP contribution in [-0.2, 0) is 4.74 Å². The predicted molar refractivity (Wildman–Crippen MR) is 135 cm³/mol. The minimum Gasteiger partial charge on any atom is -0.450 e. The lowest BCUT2D eigenvalue weighted by atomic mass is 9.76. The lowest BCUT2D eigenvalue weighted by Gasteiger charge is -2.43. The van der Waals surface area contributed by atoms with Gasteiger partial charge in [0.25, 0.3) is 0 Å². The number of carbonyl (C=O) groups is 1. The number of aryl methyl sites for hydroxylation is 2. The van der Waals surface area contributed by atoms with Gasteiger partial charge in [-0.25, -0.2) is 4.79 Å². The first kappa shape index (κ1) is 21.6. The summed E-state index contributed by atoms with van der Waals surface area (Å²) in [5, 5.41) is 2.99. The Morgan fingerprint density at radius 2 is 1.36 bits per heavy atom.